The fourth-order valence-electron chi connectivity index (χ4n) is 2.57. The first-order valence-corrected chi connectivity index (χ1v) is 8.54. The Labute approximate surface area is 157 Å². The molecule has 1 N–H and O–H groups in total. The lowest BCUT2D eigenvalue weighted by Crippen LogP contribution is -2.35. The summed E-state index contributed by atoms with van der Waals surface area (Å²) in [5.74, 6) is 1.40. The molecule has 27 heavy (non-hydrogen) atoms. The Bertz CT molecular complexity index is 818. The van der Waals surface area contributed by atoms with E-state index in [0.29, 0.717) is 23.8 Å². The van der Waals surface area contributed by atoms with Gasteiger partial charge in [0.15, 0.2) is 17.6 Å². The molecule has 0 saturated heterocycles. The molecule has 2 aromatic carbocycles. The monoisotopic (exact) mass is 371 g/mol. The maximum Gasteiger partial charge on any atom is 0.309 e. The molecule has 0 fully saturated rings. The molecule has 0 saturated carbocycles. The van der Waals surface area contributed by atoms with Crippen LogP contribution in [0.4, 0.5) is 0 Å². The topological polar surface area (TPSA) is 83.1 Å². The summed E-state index contributed by atoms with van der Waals surface area (Å²) in [6.07, 6.45) is -0.465. The molecule has 0 unspecified atom stereocenters. The first kappa shape index (κ1) is 18.6. The summed E-state index contributed by atoms with van der Waals surface area (Å²) in [6, 6.07) is 12.5. The van der Waals surface area contributed by atoms with Crippen LogP contribution in [0.5, 0.6) is 17.2 Å². The highest BCUT2D eigenvalue weighted by molar-refractivity contribution is 5.80. The van der Waals surface area contributed by atoms with Crippen molar-refractivity contribution in [2.75, 3.05) is 13.9 Å². The molecule has 1 heterocycles. The molecule has 142 valence electrons. The van der Waals surface area contributed by atoms with Crippen LogP contribution in [0.1, 0.15) is 18.1 Å². The minimum atomic E-state index is -0.662. The molecular weight excluding hydrogens is 350 g/mol. The van der Waals surface area contributed by atoms with Gasteiger partial charge in [-0.3, -0.25) is 9.59 Å². The number of carbonyl (C=O) groups excluding carboxylic acids is 2. The van der Waals surface area contributed by atoms with E-state index in [1.54, 1.807) is 31.2 Å². The number of esters is 1. The normalized spacial score (nSPS) is 13.0. The molecular formula is C20H21NO6. The van der Waals surface area contributed by atoms with Crippen molar-refractivity contribution in [3.05, 3.63) is 53.6 Å². The Kier molecular flexibility index (Phi) is 5.80. The maximum atomic E-state index is 12.3. The van der Waals surface area contributed by atoms with Gasteiger partial charge in [0, 0.05) is 6.54 Å². The van der Waals surface area contributed by atoms with Crippen molar-refractivity contribution in [3.8, 4) is 17.2 Å². The SMILES string of the molecule is COC(=O)Cc1ccc(O[C@H](C)C(=O)NCc2ccc3c(c2)OCO3)cc1. The lowest BCUT2D eigenvalue weighted by atomic mass is 10.1. The lowest BCUT2D eigenvalue weighted by molar-refractivity contribution is -0.139. The van der Waals surface area contributed by atoms with Crippen LogP contribution in [0, 0.1) is 0 Å². The van der Waals surface area contributed by atoms with Crippen molar-refractivity contribution in [3.63, 3.8) is 0 Å². The zero-order valence-corrected chi connectivity index (χ0v) is 15.2. The fourth-order valence-corrected chi connectivity index (χ4v) is 2.57. The molecule has 2 aromatic rings. The van der Waals surface area contributed by atoms with Gasteiger partial charge in [-0.05, 0) is 42.3 Å². The van der Waals surface area contributed by atoms with Crippen LogP contribution in [-0.4, -0.2) is 31.9 Å². The highest BCUT2D eigenvalue weighted by atomic mass is 16.7. The number of hydrogen-bond acceptors (Lipinski definition) is 6. The third kappa shape index (κ3) is 4.91. The van der Waals surface area contributed by atoms with E-state index in [4.69, 9.17) is 14.2 Å². The van der Waals surface area contributed by atoms with Gasteiger partial charge in [-0.1, -0.05) is 18.2 Å². The summed E-state index contributed by atoms with van der Waals surface area (Å²) in [5.41, 5.74) is 1.72. The summed E-state index contributed by atoms with van der Waals surface area (Å²) in [7, 11) is 1.35. The second-order valence-electron chi connectivity index (χ2n) is 6.06. The molecule has 1 aliphatic rings. The third-order valence-electron chi connectivity index (χ3n) is 4.09. The summed E-state index contributed by atoms with van der Waals surface area (Å²) in [4.78, 5) is 23.5. The van der Waals surface area contributed by atoms with E-state index < -0.39 is 6.10 Å². The zero-order chi connectivity index (χ0) is 19.2. The van der Waals surface area contributed by atoms with Gasteiger partial charge in [-0.25, -0.2) is 0 Å². The second kappa shape index (κ2) is 8.44. The molecule has 1 aliphatic heterocycles. The van der Waals surface area contributed by atoms with Crippen molar-refractivity contribution in [1.29, 1.82) is 0 Å². The van der Waals surface area contributed by atoms with Gasteiger partial charge in [0.1, 0.15) is 5.75 Å². The Morgan fingerprint density at radius 1 is 1.07 bits per heavy atom. The van der Waals surface area contributed by atoms with E-state index in [9.17, 15) is 9.59 Å². The lowest BCUT2D eigenvalue weighted by Gasteiger charge is -2.15. The van der Waals surface area contributed by atoms with Crippen LogP contribution >= 0.6 is 0 Å². The highest BCUT2D eigenvalue weighted by Gasteiger charge is 2.16. The van der Waals surface area contributed by atoms with Crippen LogP contribution in [0.15, 0.2) is 42.5 Å². The molecule has 0 aliphatic carbocycles. The summed E-state index contributed by atoms with van der Waals surface area (Å²) in [5, 5.41) is 2.83. The number of carbonyl (C=O) groups is 2. The van der Waals surface area contributed by atoms with E-state index in [-0.39, 0.29) is 25.1 Å². The number of fused-ring (bicyclic) bond motifs is 1. The Morgan fingerprint density at radius 2 is 1.78 bits per heavy atom. The number of amides is 1. The van der Waals surface area contributed by atoms with Crippen LogP contribution in [0.25, 0.3) is 0 Å². The highest BCUT2D eigenvalue weighted by Crippen LogP contribution is 2.32. The van der Waals surface area contributed by atoms with Crippen molar-refractivity contribution in [1.82, 2.24) is 5.32 Å². The van der Waals surface area contributed by atoms with E-state index in [0.717, 1.165) is 11.1 Å². The van der Waals surface area contributed by atoms with Gasteiger partial charge in [-0.2, -0.15) is 0 Å². The van der Waals surface area contributed by atoms with Gasteiger partial charge in [0.25, 0.3) is 5.91 Å². The smallest absolute Gasteiger partial charge is 0.309 e. The van der Waals surface area contributed by atoms with E-state index in [1.807, 2.05) is 18.2 Å². The number of nitrogens with one attached hydrogen (secondary N) is 1. The van der Waals surface area contributed by atoms with Gasteiger partial charge >= 0.3 is 5.97 Å². The summed E-state index contributed by atoms with van der Waals surface area (Å²) < 4.78 is 20.9. The van der Waals surface area contributed by atoms with Crippen LogP contribution in [-0.2, 0) is 27.3 Å². The minimum absolute atomic E-state index is 0.197. The molecule has 1 amide bonds. The third-order valence-corrected chi connectivity index (χ3v) is 4.09. The molecule has 0 spiro atoms. The Morgan fingerprint density at radius 3 is 2.52 bits per heavy atom. The molecule has 1 atom stereocenters. The summed E-state index contributed by atoms with van der Waals surface area (Å²) in [6.45, 7) is 2.26. The number of benzene rings is 2. The predicted octanol–water partition coefficient (Wildman–Crippen LogP) is 2.21. The molecule has 0 bridgehead atoms. The standard InChI is InChI=1S/C20H21NO6/c1-13(27-16-6-3-14(4-7-16)10-19(22)24-2)20(23)21-11-15-5-8-17-18(9-15)26-12-25-17/h3-9,13H,10-12H2,1-2H3,(H,21,23)/t13-/m1/s1. The Balaban J connectivity index is 1.49. The average molecular weight is 371 g/mol. The van der Waals surface area contributed by atoms with E-state index in [2.05, 4.69) is 10.1 Å². The minimum Gasteiger partial charge on any atom is -0.481 e. The summed E-state index contributed by atoms with van der Waals surface area (Å²) >= 11 is 0. The van der Waals surface area contributed by atoms with Gasteiger partial charge in [0.2, 0.25) is 6.79 Å². The molecule has 0 radical (unpaired) electrons. The van der Waals surface area contributed by atoms with Crippen molar-refractivity contribution in [2.45, 2.75) is 26.0 Å². The average Bonchev–Trinajstić information content (AvgIpc) is 3.15. The molecule has 3 rings (SSSR count). The quantitative estimate of drug-likeness (QED) is 0.752. The van der Waals surface area contributed by atoms with Crippen molar-refractivity contribution < 1.29 is 28.5 Å². The predicted molar refractivity (Wildman–Crippen MR) is 96.7 cm³/mol. The fraction of sp³-hybridized carbons (Fsp3) is 0.300. The number of ether oxygens (including phenoxy) is 4. The van der Waals surface area contributed by atoms with Crippen LogP contribution < -0.4 is 19.5 Å². The first-order chi connectivity index (χ1) is 13.0. The largest absolute Gasteiger partial charge is 0.481 e. The molecule has 7 nitrogen and oxygen atoms in total. The maximum absolute atomic E-state index is 12.3. The van der Waals surface area contributed by atoms with Gasteiger partial charge < -0.3 is 24.3 Å². The van der Waals surface area contributed by atoms with Crippen LogP contribution in [0.2, 0.25) is 0 Å². The van der Waals surface area contributed by atoms with Crippen molar-refractivity contribution >= 4 is 11.9 Å². The zero-order valence-electron chi connectivity index (χ0n) is 15.2. The first-order valence-electron chi connectivity index (χ1n) is 8.54. The van der Waals surface area contributed by atoms with Gasteiger partial charge in [-0.15, -0.1) is 0 Å². The van der Waals surface area contributed by atoms with E-state index >= 15 is 0 Å². The van der Waals surface area contributed by atoms with E-state index in [1.165, 1.54) is 7.11 Å². The molecule has 7 heteroatoms. The molecule has 0 aromatic heterocycles. The van der Waals surface area contributed by atoms with Crippen molar-refractivity contribution in [2.24, 2.45) is 0 Å². The number of hydrogen-bond donors (Lipinski definition) is 1. The second-order valence-corrected chi connectivity index (χ2v) is 6.06. The van der Waals surface area contributed by atoms with Crippen LogP contribution in [0.3, 0.4) is 0 Å². The van der Waals surface area contributed by atoms with Gasteiger partial charge in [0.05, 0.1) is 13.5 Å². The Hall–Kier alpha value is -3.22. The number of methoxy groups -OCH3 is 1. The number of rotatable bonds is 7.